The SMILES string of the molecule is Cc1c(Cl)cccc1NC(=O)CNC(=O)C(C)Oc1ccccc1. The van der Waals surface area contributed by atoms with Crippen molar-refractivity contribution in [1.82, 2.24) is 5.32 Å². The first kappa shape index (κ1) is 17.8. The lowest BCUT2D eigenvalue weighted by Crippen LogP contribution is -2.40. The van der Waals surface area contributed by atoms with E-state index in [4.69, 9.17) is 16.3 Å². The van der Waals surface area contributed by atoms with Crippen LogP contribution in [0.3, 0.4) is 0 Å². The average molecular weight is 347 g/mol. The highest BCUT2D eigenvalue weighted by Crippen LogP contribution is 2.22. The molecule has 0 spiro atoms. The van der Waals surface area contributed by atoms with E-state index in [2.05, 4.69) is 10.6 Å². The summed E-state index contributed by atoms with van der Waals surface area (Å²) in [5.74, 6) is -0.100. The van der Waals surface area contributed by atoms with E-state index in [1.54, 1.807) is 37.3 Å². The number of carbonyl (C=O) groups is 2. The molecule has 5 nitrogen and oxygen atoms in total. The maximum Gasteiger partial charge on any atom is 0.261 e. The van der Waals surface area contributed by atoms with E-state index in [1.807, 2.05) is 25.1 Å². The molecular weight excluding hydrogens is 328 g/mol. The van der Waals surface area contributed by atoms with Crippen LogP contribution in [0.4, 0.5) is 5.69 Å². The van der Waals surface area contributed by atoms with E-state index >= 15 is 0 Å². The van der Waals surface area contributed by atoms with Crippen LogP contribution in [-0.2, 0) is 9.59 Å². The number of amides is 2. The second kappa shape index (κ2) is 8.36. The average Bonchev–Trinajstić information content (AvgIpc) is 2.57. The number of para-hydroxylation sites is 1. The predicted octanol–water partition coefficient (Wildman–Crippen LogP) is 3.17. The fourth-order valence-corrected chi connectivity index (χ4v) is 2.18. The molecular formula is C18H19ClN2O3. The Morgan fingerprint density at radius 3 is 2.54 bits per heavy atom. The van der Waals surface area contributed by atoms with Crippen molar-refractivity contribution >= 4 is 29.1 Å². The largest absolute Gasteiger partial charge is 0.481 e. The predicted molar refractivity (Wildman–Crippen MR) is 94.4 cm³/mol. The molecule has 0 saturated heterocycles. The molecule has 0 aromatic heterocycles. The molecule has 2 amide bonds. The third kappa shape index (κ3) is 4.99. The Labute approximate surface area is 146 Å². The first-order valence-electron chi connectivity index (χ1n) is 7.51. The van der Waals surface area contributed by atoms with Gasteiger partial charge in [-0.1, -0.05) is 35.9 Å². The number of carbonyl (C=O) groups excluding carboxylic acids is 2. The zero-order chi connectivity index (χ0) is 17.5. The smallest absolute Gasteiger partial charge is 0.261 e. The van der Waals surface area contributed by atoms with E-state index in [9.17, 15) is 9.59 Å². The molecule has 0 bridgehead atoms. The maximum absolute atomic E-state index is 12.0. The van der Waals surface area contributed by atoms with Gasteiger partial charge in [0.05, 0.1) is 6.54 Å². The van der Waals surface area contributed by atoms with Crippen LogP contribution < -0.4 is 15.4 Å². The minimum atomic E-state index is -0.701. The number of hydrogen-bond donors (Lipinski definition) is 2. The molecule has 0 saturated carbocycles. The Morgan fingerprint density at radius 2 is 1.83 bits per heavy atom. The number of nitrogens with one attached hydrogen (secondary N) is 2. The zero-order valence-electron chi connectivity index (χ0n) is 13.5. The van der Waals surface area contributed by atoms with E-state index in [0.717, 1.165) is 5.56 Å². The van der Waals surface area contributed by atoms with Crippen molar-refractivity contribution < 1.29 is 14.3 Å². The Balaban J connectivity index is 1.82. The monoisotopic (exact) mass is 346 g/mol. The Kier molecular flexibility index (Phi) is 6.21. The summed E-state index contributed by atoms with van der Waals surface area (Å²) in [5, 5.41) is 5.83. The van der Waals surface area contributed by atoms with Crippen molar-refractivity contribution in [3.05, 3.63) is 59.1 Å². The van der Waals surface area contributed by atoms with Crippen LogP contribution in [0.1, 0.15) is 12.5 Å². The number of ether oxygens (including phenoxy) is 1. The molecule has 0 heterocycles. The van der Waals surface area contributed by atoms with Gasteiger partial charge in [-0.2, -0.15) is 0 Å². The molecule has 0 aliphatic carbocycles. The number of anilines is 1. The van der Waals surface area contributed by atoms with Crippen molar-refractivity contribution in [3.8, 4) is 5.75 Å². The van der Waals surface area contributed by atoms with Gasteiger partial charge in [-0.15, -0.1) is 0 Å². The lowest BCUT2D eigenvalue weighted by atomic mass is 10.2. The first-order valence-corrected chi connectivity index (χ1v) is 7.89. The van der Waals surface area contributed by atoms with Crippen molar-refractivity contribution in [2.24, 2.45) is 0 Å². The lowest BCUT2D eigenvalue weighted by molar-refractivity contribution is -0.129. The lowest BCUT2D eigenvalue weighted by Gasteiger charge is -2.15. The molecule has 2 aromatic carbocycles. The Morgan fingerprint density at radius 1 is 1.12 bits per heavy atom. The van der Waals surface area contributed by atoms with Gasteiger partial charge >= 0.3 is 0 Å². The fourth-order valence-electron chi connectivity index (χ4n) is 2.01. The Bertz CT molecular complexity index is 719. The topological polar surface area (TPSA) is 67.4 Å². The minimum Gasteiger partial charge on any atom is -0.481 e. The quantitative estimate of drug-likeness (QED) is 0.844. The van der Waals surface area contributed by atoms with Gasteiger partial charge in [0.1, 0.15) is 5.75 Å². The molecule has 1 unspecified atom stereocenters. The molecule has 0 fully saturated rings. The van der Waals surface area contributed by atoms with Gasteiger partial charge in [-0.05, 0) is 43.7 Å². The highest BCUT2D eigenvalue weighted by atomic mass is 35.5. The van der Waals surface area contributed by atoms with Crippen molar-refractivity contribution in [1.29, 1.82) is 0 Å². The summed E-state index contributed by atoms with van der Waals surface area (Å²) >= 11 is 6.01. The van der Waals surface area contributed by atoms with Crippen LogP contribution in [0.15, 0.2) is 48.5 Å². The second-order valence-electron chi connectivity index (χ2n) is 5.25. The highest BCUT2D eigenvalue weighted by Gasteiger charge is 2.15. The van der Waals surface area contributed by atoms with Crippen molar-refractivity contribution in [2.75, 3.05) is 11.9 Å². The van der Waals surface area contributed by atoms with Crippen molar-refractivity contribution in [2.45, 2.75) is 20.0 Å². The summed E-state index contributed by atoms with van der Waals surface area (Å²) in [6, 6.07) is 14.3. The van der Waals surface area contributed by atoms with E-state index in [1.165, 1.54) is 0 Å². The number of benzene rings is 2. The summed E-state index contributed by atoms with van der Waals surface area (Å²) in [6.07, 6.45) is -0.701. The van der Waals surface area contributed by atoms with Crippen LogP contribution in [0, 0.1) is 6.92 Å². The molecule has 126 valence electrons. The molecule has 2 rings (SSSR count). The maximum atomic E-state index is 12.0. The van der Waals surface area contributed by atoms with E-state index < -0.39 is 6.10 Å². The number of rotatable bonds is 6. The standard InChI is InChI=1S/C18H19ClN2O3/c1-12-15(19)9-6-10-16(12)21-17(22)11-20-18(23)13(2)24-14-7-4-3-5-8-14/h3-10,13H,11H2,1-2H3,(H,20,23)(H,21,22). The van der Waals surface area contributed by atoms with Gasteiger partial charge in [-0.3, -0.25) is 9.59 Å². The summed E-state index contributed by atoms with van der Waals surface area (Å²) < 4.78 is 5.50. The van der Waals surface area contributed by atoms with Gasteiger partial charge in [0.2, 0.25) is 5.91 Å². The van der Waals surface area contributed by atoms with Gasteiger partial charge in [0.15, 0.2) is 6.10 Å². The third-order valence-electron chi connectivity index (χ3n) is 3.39. The normalized spacial score (nSPS) is 11.5. The number of halogens is 1. The van der Waals surface area contributed by atoms with Gasteiger partial charge < -0.3 is 15.4 Å². The summed E-state index contributed by atoms with van der Waals surface area (Å²) in [6.45, 7) is 3.29. The summed E-state index contributed by atoms with van der Waals surface area (Å²) in [7, 11) is 0. The number of hydrogen-bond acceptors (Lipinski definition) is 3. The summed E-state index contributed by atoms with van der Waals surface area (Å²) in [4.78, 5) is 23.9. The fraction of sp³-hybridized carbons (Fsp3) is 0.222. The van der Waals surface area contributed by atoms with Crippen LogP contribution >= 0.6 is 11.6 Å². The zero-order valence-corrected chi connectivity index (χ0v) is 14.3. The molecule has 0 aliphatic heterocycles. The molecule has 6 heteroatoms. The van der Waals surface area contributed by atoms with Crippen LogP contribution in [0.2, 0.25) is 5.02 Å². The van der Waals surface area contributed by atoms with Crippen LogP contribution in [0.5, 0.6) is 5.75 Å². The molecule has 24 heavy (non-hydrogen) atoms. The molecule has 0 radical (unpaired) electrons. The second-order valence-corrected chi connectivity index (χ2v) is 5.66. The molecule has 2 N–H and O–H groups in total. The van der Waals surface area contributed by atoms with Gasteiger partial charge in [-0.25, -0.2) is 0 Å². The molecule has 0 aliphatic rings. The Hall–Kier alpha value is -2.53. The highest BCUT2D eigenvalue weighted by molar-refractivity contribution is 6.31. The molecule has 2 aromatic rings. The van der Waals surface area contributed by atoms with Gasteiger partial charge in [0, 0.05) is 10.7 Å². The van der Waals surface area contributed by atoms with E-state index in [0.29, 0.717) is 16.5 Å². The van der Waals surface area contributed by atoms with Crippen molar-refractivity contribution in [3.63, 3.8) is 0 Å². The summed E-state index contributed by atoms with van der Waals surface area (Å²) in [5.41, 5.74) is 1.40. The third-order valence-corrected chi connectivity index (χ3v) is 3.80. The first-order chi connectivity index (χ1) is 11.5. The minimum absolute atomic E-state index is 0.146. The van der Waals surface area contributed by atoms with Crippen LogP contribution in [-0.4, -0.2) is 24.5 Å². The van der Waals surface area contributed by atoms with Gasteiger partial charge in [0.25, 0.3) is 5.91 Å². The van der Waals surface area contributed by atoms with E-state index in [-0.39, 0.29) is 18.4 Å². The van der Waals surface area contributed by atoms with Crippen LogP contribution in [0.25, 0.3) is 0 Å². The molecule has 1 atom stereocenters.